The van der Waals surface area contributed by atoms with E-state index >= 15 is 0 Å². The number of rotatable bonds is 0. The van der Waals surface area contributed by atoms with E-state index in [9.17, 15) is 4.79 Å². The van der Waals surface area contributed by atoms with Crippen molar-refractivity contribution < 1.29 is 4.79 Å². The van der Waals surface area contributed by atoms with E-state index in [1.165, 1.54) is 6.08 Å². The van der Waals surface area contributed by atoms with Gasteiger partial charge in [0.1, 0.15) is 0 Å². The molecule has 0 fully saturated rings. The number of hydrogen-bond donors (Lipinski definition) is 0. The van der Waals surface area contributed by atoms with Gasteiger partial charge >= 0.3 is 0 Å². The van der Waals surface area contributed by atoms with Crippen LogP contribution in [-0.2, 0) is 4.79 Å². The fourth-order valence-electron chi connectivity index (χ4n) is 1.22. The van der Waals surface area contributed by atoms with Crippen LogP contribution < -0.4 is 0 Å². The Labute approximate surface area is 74.9 Å². The van der Waals surface area contributed by atoms with Crippen molar-refractivity contribution in [2.75, 3.05) is 0 Å². The largest absolute Gasteiger partial charge is 0.269 e. The van der Waals surface area contributed by atoms with Crippen molar-refractivity contribution in [2.24, 2.45) is 10.9 Å². The maximum absolute atomic E-state index is 10.9. The number of carbonyl (C=O) groups excluding carboxylic acids is 1. The van der Waals surface area contributed by atoms with Crippen LogP contribution in [0.15, 0.2) is 39.9 Å². The van der Waals surface area contributed by atoms with Gasteiger partial charge in [-0.25, -0.2) is 4.99 Å². The van der Waals surface area contributed by atoms with Crippen LogP contribution in [0.4, 0.5) is 0 Å². The fraction of sp³-hybridized carbons (Fsp3) is 0.111. The van der Waals surface area contributed by atoms with Crippen molar-refractivity contribution in [3.05, 3.63) is 34.9 Å². The van der Waals surface area contributed by atoms with Crippen LogP contribution in [0.25, 0.3) is 0 Å². The number of hydrogen-bond acceptors (Lipinski definition) is 1. The highest BCUT2D eigenvalue weighted by atomic mass is 35.5. The molecule has 3 heteroatoms. The monoisotopic (exact) mass is 179 g/mol. The molecule has 12 heavy (non-hydrogen) atoms. The summed E-state index contributed by atoms with van der Waals surface area (Å²) in [6.07, 6.45) is 8.66. The van der Waals surface area contributed by atoms with Crippen molar-refractivity contribution in [1.29, 1.82) is 0 Å². The van der Waals surface area contributed by atoms with Crippen LogP contribution in [0.5, 0.6) is 0 Å². The molecule has 0 saturated carbocycles. The molecule has 0 aromatic rings. The molecule has 1 unspecified atom stereocenters. The van der Waals surface area contributed by atoms with Crippen LogP contribution in [0, 0.1) is 5.92 Å². The van der Waals surface area contributed by atoms with E-state index in [0.29, 0.717) is 5.03 Å². The van der Waals surface area contributed by atoms with Crippen molar-refractivity contribution >= 4 is 23.7 Å². The smallest absolute Gasteiger partial charge is 0.267 e. The van der Waals surface area contributed by atoms with Crippen LogP contribution in [0.1, 0.15) is 0 Å². The number of dihydropyridines is 1. The van der Waals surface area contributed by atoms with E-state index in [-0.39, 0.29) is 11.8 Å². The summed E-state index contributed by atoms with van der Waals surface area (Å²) in [6.45, 7) is 0. The fourth-order valence-corrected chi connectivity index (χ4v) is 1.42. The van der Waals surface area contributed by atoms with E-state index in [4.69, 9.17) is 11.6 Å². The summed E-state index contributed by atoms with van der Waals surface area (Å²) in [6, 6.07) is 0. The summed E-state index contributed by atoms with van der Waals surface area (Å²) < 4.78 is 0. The molecule has 0 bridgehead atoms. The first-order chi connectivity index (χ1) is 5.75. The lowest BCUT2D eigenvalue weighted by Crippen LogP contribution is -2.11. The molecule has 2 rings (SSSR count). The summed E-state index contributed by atoms with van der Waals surface area (Å²) >= 11 is 5.76. The van der Waals surface area contributed by atoms with Crippen LogP contribution in [-0.4, -0.2) is 12.1 Å². The zero-order valence-electron chi connectivity index (χ0n) is 6.20. The van der Waals surface area contributed by atoms with Crippen molar-refractivity contribution in [2.45, 2.75) is 0 Å². The number of allylic oxidation sites excluding steroid dienone is 5. The summed E-state index contributed by atoms with van der Waals surface area (Å²) in [5.74, 6) is -0.0810. The molecule has 0 aromatic heterocycles. The lowest BCUT2D eigenvalue weighted by Gasteiger charge is -2.15. The first-order valence-electron chi connectivity index (χ1n) is 3.61. The van der Waals surface area contributed by atoms with E-state index in [2.05, 4.69) is 4.99 Å². The van der Waals surface area contributed by atoms with Gasteiger partial charge in [-0.2, -0.15) is 0 Å². The van der Waals surface area contributed by atoms with Gasteiger partial charge in [-0.1, -0.05) is 17.7 Å². The molecule has 1 aliphatic carbocycles. The third-order valence-electron chi connectivity index (χ3n) is 1.80. The van der Waals surface area contributed by atoms with Crippen molar-refractivity contribution in [3.8, 4) is 0 Å². The van der Waals surface area contributed by atoms with Crippen molar-refractivity contribution in [3.63, 3.8) is 0 Å². The molecule has 0 saturated heterocycles. The van der Waals surface area contributed by atoms with Gasteiger partial charge in [0.05, 0.1) is 0 Å². The number of nitrogens with zero attached hydrogens (tertiary/aromatic N) is 1. The minimum atomic E-state index is -0.211. The Kier molecular flexibility index (Phi) is 1.70. The lowest BCUT2D eigenvalue weighted by molar-refractivity contribution is -0.113. The van der Waals surface area contributed by atoms with Gasteiger partial charge in [-0.05, 0) is 17.7 Å². The van der Waals surface area contributed by atoms with Gasteiger partial charge in [-0.15, -0.1) is 0 Å². The summed E-state index contributed by atoms with van der Waals surface area (Å²) in [4.78, 5) is 14.5. The zero-order valence-corrected chi connectivity index (χ0v) is 6.95. The molecule has 2 aliphatic rings. The predicted molar refractivity (Wildman–Crippen MR) is 48.1 cm³/mol. The van der Waals surface area contributed by atoms with Gasteiger partial charge in [0.2, 0.25) is 0 Å². The lowest BCUT2D eigenvalue weighted by atomic mass is 9.94. The molecule has 1 aliphatic heterocycles. The Morgan fingerprint density at radius 1 is 1.42 bits per heavy atom. The Morgan fingerprint density at radius 2 is 2.25 bits per heavy atom. The predicted octanol–water partition coefficient (Wildman–Crippen LogP) is 1.83. The third-order valence-corrected chi connectivity index (χ3v) is 2.04. The molecule has 0 aromatic carbocycles. The minimum absolute atomic E-state index is 0.130. The number of amides is 1. The average Bonchev–Trinajstić information content (AvgIpc) is 2.03. The molecule has 2 nitrogen and oxygen atoms in total. The van der Waals surface area contributed by atoms with E-state index < -0.39 is 0 Å². The second-order valence-electron chi connectivity index (χ2n) is 2.67. The van der Waals surface area contributed by atoms with Crippen molar-refractivity contribution in [1.82, 2.24) is 0 Å². The summed E-state index contributed by atoms with van der Waals surface area (Å²) in [7, 11) is 0. The number of carbonyl (C=O) groups is 1. The maximum Gasteiger partial charge on any atom is 0.269 e. The Bertz CT molecular complexity index is 350. The van der Waals surface area contributed by atoms with Gasteiger partial charge in [0, 0.05) is 23.2 Å². The third kappa shape index (κ3) is 1.25. The molecule has 60 valence electrons. The molecule has 0 N–H and O–H groups in total. The van der Waals surface area contributed by atoms with Gasteiger partial charge in [0.15, 0.2) is 0 Å². The standard InChI is InChI=1S/C9H6ClNO/c10-8-2-1-6-5-11-9(12)4-7(6)3-8/h1-6H. The van der Waals surface area contributed by atoms with Crippen LogP contribution in [0.3, 0.4) is 0 Å². The first kappa shape index (κ1) is 7.50. The van der Waals surface area contributed by atoms with Gasteiger partial charge in [0.25, 0.3) is 5.91 Å². The summed E-state index contributed by atoms with van der Waals surface area (Å²) in [5, 5.41) is 0.653. The molecule has 0 radical (unpaired) electrons. The van der Waals surface area contributed by atoms with E-state index in [1.807, 2.05) is 12.2 Å². The Morgan fingerprint density at radius 3 is 3.08 bits per heavy atom. The quantitative estimate of drug-likeness (QED) is 0.558. The van der Waals surface area contributed by atoms with E-state index in [0.717, 1.165) is 5.57 Å². The molecular formula is C9H6ClNO. The number of aliphatic imine (C=N–C) groups is 1. The SMILES string of the molecule is O=C1C=C2C=C(Cl)C=CC2C=N1. The highest BCUT2D eigenvalue weighted by Crippen LogP contribution is 2.24. The van der Waals surface area contributed by atoms with Gasteiger partial charge in [-0.3, -0.25) is 4.79 Å². The highest BCUT2D eigenvalue weighted by Gasteiger charge is 2.16. The minimum Gasteiger partial charge on any atom is -0.267 e. The average molecular weight is 180 g/mol. The van der Waals surface area contributed by atoms with Crippen LogP contribution >= 0.6 is 11.6 Å². The number of halogens is 1. The molecule has 1 heterocycles. The van der Waals surface area contributed by atoms with Gasteiger partial charge < -0.3 is 0 Å². The molecule has 0 spiro atoms. The Hall–Kier alpha value is -1.15. The molecule has 1 amide bonds. The zero-order chi connectivity index (χ0) is 8.55. The molecule has 1 atom stereocenters. The highest BCUT2D eigenvalue weighted by molar-refractivity contribution is 6.31. The first-order valence-corrected chi connectivity index (χ1v) is 3.98. The summed E-state index contributed by atoms with van der Waals surface area (Å²) in [5.41, 5.74) is 0.919. The Balaban J connectivity index is 2.40. The van der Waals surface area contributed by atoms with Crippen LogP contribution in [0.2, 0.25) is 0 Å². The topological polar surface area (TPSA) is 29.4 Å². The van der Waals surface area contributed by atoms with E-state index in [1.54, 1.807) is 12.3 Å². The maximum atomic E-state index is 10.9. The number of fused-ring (bicyclic) bond motifs is 1. The second kappa shape index (κ2) is 2.72. The normalized spacial score (nSPS) is 26.4. The molecular weight excluding hydrogens is 174 g/mol. The second-order valence-corrected chi connectivity index (χ2v) is 3.11.